The van der Waals surface area contributed by atoms with Crippen LogP contribution in [0, 0.1) is 0 Å². The fourth-order valence-corrected chi connectivity index (χ4v) is 0.895. The molecular weight excluding hydrogens is 164 g/mol. The van der Waals surface area contributed by atoms with E-state index in [4.69, 9.17) is 0 Å². The molecule has 0 amide bonds. The molecule has 0 N–H and O–H groups in total. The molecule has 12 heavy (non-hydrogen) atoms. The first kappa shape index (κ1) is 9.17. The topological polar surface area (TPSA) is 0 Å². The van der Waals surface area contributed by atoms with Gasteiger partial charge in [0.1, 0.15) is 7.28 Å². The van der Waals surface area contributed by atoms with E-state index in [2.05, 4.69) is 0 Å². The van der Waals surface area contributed by atoms with E-state index in [-0.39, 0.29) is 0 Å². The number of hydrogen-bond donors (Lipinski definition) is 0. The molecule has 63 valence electrons. The standard InChI is InChI=1S/C8H7BF3/c1-9-7-4-2-3-6(5-7)8(10,11)12/h2-5H,1H3. The summed E-state index contributed by atoms with van der Waals surface area (Å²) in [5, 5.41) is 0. The first-order valence-electron chi connectivity index (χ1n) is 3.50. The summed E-state index contributed by atoms with van der Waals surface area (Å²) in [4.78, 5) is 0. The minimum absolute atomic E-state index is 0.588. The Bertz CT molecular complexity index is 267. The lowest BCUT2D eigenvalue weighted by molar-refractivity contribution is -0.137. The summed E-state index contributed by atoms with van der Waals surface area (Å²) in [6, 6.07) is 5.22. The summed E-state index contributed by atoms with van der Waals surface area (Å²) < 4.78 is 36.3. The van der Waals surface area contributed by atoms with Crippen molar-refractivity contribution in [3.63, 3.8) is 0 Å². The second-order valence-electron chi connectivity index (χ2n) is 2.41. The molecule has 0 aliphatic carbocycles. The predicted molar refractivity (Wildman–Crippen MR) is 42.7 cm³/mol. The molecule has 0 heterocycles. The normalized spacial score (nSPS) is 11.3. The van der Waals surface area contributed by atoms with Gasteiger partial charge in [0.05, 0.1) is 5.56 Å². The van der Waals surface area contributed by atoms with Crippen LogP contribution in [0.2, 0.25) is 6.82 Å². The lowest BCUT2D eigenvalue weighted by atomic mass is 9.73. The SMILES string of the molecule is C[B]c1cccc(C(F)(F)F)c1. The Kier molecular flexibility index (Phi) is 2.45. The van der Waals surface area contributed by atoms with Crippen LogP contribution >= 0.6 is 0 Å². The van der Waals surface area contributed by atoms with Gasteiger partial charge < -0.3 is 0 Å². The zero-order valence-electron chi connectivity index (χ0n) is 6.52. The van der Waals surface area contributed by atoms with Crippen LogP contribution in [0.15, 0.2) is 24.3 Å². The largest absolute Gasteiger partial charge is 0.416 e. The van der Waals surface area contributed by atoms with Crippen molar-refractivity contribution >= 4 is 12.7 Å². The van der Waals surface area contributed by atoms with Crippen LogP contribution in [0.4, 0.5) is 13.2 Å². The summed E-state index contributed by atoms with van der Waals surface area (Å²) in [7, 11) is 1.63. The van der Waals surface area contributed by atoms with Crippen molar-refractivity contribution < 1.29 is 13.2 Å². The van der Waals surface area contributed by atoms with Crippen molar-refractivity contribution in [1.29, 1.82) is 0 Å². The zero-order valence-corrected chi connectivity index (χ0v) is 6.52. The first-order valence-corrected chi connectivity index (χ1v) is 3.50. The highest BCUT2D eigenvalue weighted by molar-refractivity contribution is 6.51. The highest BCUT2D eigenvalue weighted by Gasteiger charge is 2.29. The molecule has 0 saturated carbocycles. The third kappa shape index (κ3) is 2.03. The lowest BCUT2D eigenvalue weighted by Crippen LogP contribution is -2.14. The second kappa shape index (κ2) is 3.21. The maximum Gasteiger partial charge on any atom is 0.416 e. The molecule has 0 nitrogen and oxygen atoms in total. The predicted octanol–water partition coefficient (Wildman–Crippen LogP) is 2.08. The highest BCUT2D eigenvalue weighted by atomic mass is 19.4. The molecule has 1 radical (unpaired) electrons. The minimum Gasteiger partial charge on any atom is -0.166 e. The maximum absolute atomic E-state index is 12.1. The van der Waals surface area contributed by atoms with Crippen molar-refractivity contribution in [2.45, 2.75) is 13.0 Å². The van der Waals surface area contributed by atoms with E-state index in [0.717, 1.165) is 12.1 Å². The van der Waals surface area contributed by atoms with Gasteiger partial charge in [0.15, 0.2) is 0 Å². The highest BCUT2D eigenvalue weighted by Crippen LogP contribution is 2.27. The fourth-order valence-electron chi connectivity index (χ4n) is 0.895. The van der Waals surface area contributed by atoms with Gasteiger partial charge >= 0.3 is 6.18 Å². The van der Waals surface area contributed by atoms with Crippen LogP contribution < -0.4 is 5.46 Å². The lowest BCUT2D eigenvalue weighted by Gasteiger charge is -2.06. The molecule has 0 fully saturated rings. The number of alkyl halides is 3. The zero-order chi connectivity index (χ0) is 9.19. The summed E-state index contributed by atoms with van der Waals surface area (Å²) in [6.45, 7) is 1.70. The molecule has 4 heteroatoms. The van der Waals surface area contributed by atoms with Crippen molar-refractivity contribution in [3.8, 4) is 0 Å². The molecular formula is C8H7BF3. The Morgan fingerprint density at radius 3 is 2.42 bits per heavy atom. The van der Waals surface area contributed by atoms with Crippen LogP contribution in [0.25, 0.3) is 0 Å². The molecule has 0 aliphatic heterocycles. The second-order valence-corrected chi connectivity index (χ2v) is 2.41. The van der Waals surface area contributed by atoms with Gasteiger partial charge in [-0.1, -0.05) is 36.6 Å². The molecule has 0 spiro atoms. The minimum atomic E-state index is -4.24. The number of rotatable bonds is 1. The molecule has 1 aromatic rings. The van der Waals surface area contributed by atoms with Gasteiger partial charge in [-0.15, -0.1) is 0 Å². The molecule has 0 aromatic heterocycles. The van der Waals surface area contributed by atoms with E-state index in [1.165, 1.54) is 6.07 Å². The van der Waals surface area contributed by atoms with Crippen LogP contribution in [0.5, 0.6) is 0 Å². The average Bonchev–Trinajstić information content (AvgIpc) is 2.03. The van der Waals surface area contributed by atoms with E-state index in [1.54, 1.807) is 20.2 Å². The number of hydrogen-bond acceptors (Lipinski definition) is 0. The molecule has 1 rings (SSSR count). The molecule has 0 saturated heterocycles. The van der Waals surface area contributed by atoms with Gasteiger partial charge in [-0.3, -0.25) is 0 Å². The smallest absolute Gasteiger partial charge is 0.166 e. The molecule has 1 aromatic carbocycles. The van der Waals surface area contributed by atoms with Crippen molar-refractivity contribution in [2.24, 2.45) is 0 Å². The molecule has 0 bridgehead atoms. The van der Waals surface area contributed by atoms with E-state index in [1.807, 2.05) is 0 Å². The van der Waals surface area contributed by atoms with Crippen molar-refractivity contribution in [1.82, 2.24) is 0 Å². The maximum atomic E-state index is 12.1. The van der Waals surface area contributed by atoms with Gasteiger partial charge in [0, 0.05) is 0 Å². The van der Waals surface area contributed by atoms with Gasteiger partial charge in [0.25, 0.3) is 0 Å². The summed E-state index contributed by atoms with van der Waals surface area (Å²) >= 11 is 0. The van der Waals surface area contributed by atoms with Crippen LogP contribution in [-0.2, 0) is 6.18 Å². The molecule has 0 atom stereocenters. The monoisotopic (exact) mass is 171 g/mol. The Labute approximate surface area is 69.6 Å². The number of benzene rings is 1. The van der Waals surface area contributed by atoms with Crippen LogP contribution in [0.3, 0.4) is 0 Å². The van der Waals surface area contributed by atoms with Gasteiger partial charge in [-0.25, -0.2) is 0 Å². The summed E-state index contributed by atoms with van der Waals surface area (Å²) in [5.74, 6) is 0. The van der Waals surface area contributed by atoms with Crippen LogP contribution in [0.1, 0.15) is 5.56 Å². The first-order chi connectivity index (χ1) is 5.54. The van der Waals surface area contributed by atoms with Gasteiger partial charge in [0.2, 0.25) is 0 Å². The van der Waals surface area contributed by atoms with E-state index in [0.29, 0.717) is 5.46 Å². The molecule has 0 aliphatic rings. The van der Waals surface area contributed by atoms with Crippen LogP contribution in [-0.4, -0.2) is 7.28 Å². The van der Waals surface area contributed by atoms with E-state index < -0.39 is 11.7 Å². The summed E-state index contributed by atoms with van der Waals surface area (Å²) in [6.07, 6.45) is -4.24. The Balaban J connectivity index is 3.02. The van der Waals surface area contributed by atoms with E-state index in [9.17, 15) is 13.2 Å². The van der Waals surface area contributed by atoms with Gasteiger partial charge in [-0.05, 0) is 0 Å². The fraction of sp³-hybridized carbons (Fsp3) is 0.250. The Morgan fingerprint density at radius 1 is 1.25 bits per heavy atom. The summed E-state index contributed by atoms with van der Waals surface area (Å²) in [5.41, 5.74) is -0.0112. The Morgan fingerprint density at radius 2 is 1.92 bits per heavy atom. The number of halogens is 3. The third-order valence-electron chi connectivity index (χ3n) is 1.55. The van der Waals surface area contributed by atoms with Crippen molar-refractivity contribution in [2.75, 3.05) is 0 Å². The average molecular weight is 171 g/mol. The van der Waals surface area contributed by atoms with E-state index >= 15 is 0 Å². The Hall–Kier alpha value is -0.925. The third-order valence-corrected chi connectivity index (χ3v) is 1.55. The van der Waals surface area contributed by atoms with Gasteiger partial charge in [-0.2, -0.15) is 13.2 Å². The quantitative estimate of drug-likeness (QED) is 0.567. The van der Waals surface area contributed by atoms with Crippen molar-refractivity contribution in [3.05, 3.63) is 29.8 Å². The molecule has 0 unspecified atom stereocenters.